The maximum atomic E-state index is 6.20. The van der Waals surface area contributed by atoms with Crippen LogP contribution in [0.3, 0.4) is 0 Å². The van der Waals surface area contributed by atoms with E-state index in [1.807, 2.05) is 0 Å². The van der Waals surface area contributed by atoms with Gasteiger partial charge in [-0.2, -0.15) is 0 Å². The topological polar surface area (TPSA) is 167 Å². The van der Waals surface area contributed by atoms with Gasteiger partial charge in [-0.1, -0.05) is 46.4 Å². The highest BCUT2D eigenvalue weighted by Crippen LogP contribution is 2.49. The number of halogens is 4. The van der Waals surface area contributed by atoms with E-state index >= 15 is 0 Å². The molecule has 0 aromatic heterocycles. The van der Waals surface area contributed by atoms with Gasteiger partial charge in [-0.3, -0.25) is 0 Å². The van der Waals surface area contributed by atoms with Crippen molar-refractivity contribution in [2.45, 2.75) is 0 Å². The number of nitrogens with two attached hydrogens (primary N) is 4. The molecule has 2 aromatic carbocycles. The van der Waals surface area contributed by atoms with Gasteiger partial charge >= 0.3 is 0 Å². The van der Waals surface area contributed by atoms with Crippen LogP contribution >= 0.6 is 46.4 Å². The summed E-state index contributed by atoms with van der Waals surface area (Å²) >= 11 is 24.6. The molecular weight excluding hydrogens is 374 g/mol. The lowest BCUT2D eigenvalue weighted by Crippen LogP contribution is -2.04. The third-order valence-electron chi connectivity index (χ3n) is 2.81. The van der Waals surface area contributed by atoms with Crippen molar-refractivity contribution in [1.82, 2.24) is 0 Å². The van der Waals surface area contributed by atoms with E-state index in [2.05, 4.69) is 0 Å². The quantitative estimate of drug-likeness (QED) is 0.552. The second-order valence-electron chi connectivity index (χ2n) is 4.10. The van der Waals surface area contributed by atoms with Crippen LogP contribution in [0.25, 0.3) is 11.1 Å². The molecule has 0 unspecified atom stereocenters. The van der Waals surface area contributed by atoms with Crippen LogP contribution in [0.5, 0.6) is 0 Å². The van der Waals surface area contributed by atoms with Crippen LogP contribution in [-0.2, 0) is 0 Å². The highest BCUT2D eigenvalue weighted by atomic mass is 35.5. The average Bonchev–Trinajstić information content (AvgIpc) is 2.37. The summed E-state index contributed by atoms with van der Waals surface area (Å²) in [4.78, 5) is 0. The van der Waals surface area contributed by atoms with Crippen molar-refractivity contribution in [1.29, 1.82) is 0 Å². The summed E-state index contributed by atoms with van der Waals surface area (Å²) in [5, 5.41) is 0.787. The Morgan fingerprint density at radius 1 is 0.591 bits per heavy atom. The second kappa shape index (κ2) is 7.32. The minimum absolute atomic E-state index is 0. The van der Waals surface area contributed by atoms with Crippen LogP contribution in [0, 0.1) is 0 Å². The molecule has 10 heteroatoms. The van der Waals surface area contributed by atoms with Gasteiger partial charge in [0.15, 0.2) is 0 Å². The first-order valence-corrected chi connectivity index (χ1v) is 6.83. The van der Waals surface area contributed by atoms with Crippen molar-refractivity contribution >= 4 is 69.2 Å². The molecule has 2 aromatic rings. The molecule has 0 saturated heterocycles. The van der Waals surface area contributed by atoms with Crippen LogP contribution < -0.4 is 22.9 Å². The molecule has 0 aliphatic heterocycles. The first kappa shape index (κ1) is 20.7. The predicted octanol–water partition coefficient (Wildman–Crippen LogP) is 2.65. The van der Waals surface area contributed by atoms with Crippen LogP contribution in [-0.4, -0.2) is 11.0 Å². The molecule has 0 spiro atoms. The normalized spacial score (nSPS) is 9.82. The van der Waals surface area contributed by atoms with Crippen LogP contribution in [0.1, 0.15) is 0 Å². The third kappa shape index (κ3) is 3.22. The van der Waals surface area contributed by atoms with Gasteiger partial charge in [-0.25, -0.2) is 0 Å². The van der Waals surface area contributed by atoms with Crippen LogP contribution in [0.4, 0.5) is 22.7 Å². The van der Waals surface area contributed by atoms with Crippen molar-refractivity contribution in [3.63, 3.8) is 0 Å². The first-order chi connectivity index (χ1) is 9.25. The summed E-state index contributed by atoms with van der Waals surface area (Å²) in [6.07, 6.45) is 0. The maximum Gasteiger partial charge on any atom is 0.0850 e. The lowest BCUT2D eigenvalue weighted by molar-refractivity contribution is 0.823. The molecule has 0 bridgehead atoms. The third-order valence-corrected chi connectivity index (χ3v) is 4.28. The summed E-state index contributed by atoms with van der Waals surface area (Å²) in [6.45, 7) is 0. The molecule has 2 rings (SSSR count). The van der Waals surface area contributed by atoms with Crippen molar-refractivity contribution in [3.05, 3.63) is 32.2 Å². The van der Waals surface area contributed by atoms with Crippen molar-refractivity contribution in [2.75, 3.05) is 22.9 Å². The van der Waals surface area contributed by atoms with Gasteiger partial charge in [-0.15, -0.1) is 0 Å². The summed E-state index contributed by atoms with van der Waals surface area (Å²) < 4.78 is 0. The van der Waals surface area contributed by atoms with E-state index in [-0.39, 0.29) is 48.1 Å². The molecule has 0 saturated carbocycles. The van der Waals surface area contributed by atoms with Gasteiger partial charge in [0, 0.05) is 16.8 Å². The fourth-order valence-electron chi connectivity index (χ4n) is 1.82. The summed E-state index contributed by atoms with van der Waals surface area (Å²) in [5.41, 5.74) is 24.7. The zero-order valence-electron chi connectivity index (χ0n) is 11.0. The standard InChI is InChI=1S/C12H10Cl4N4.2H2O/c13-4-1-3(17)2-5(14)6(4)7-8(15)9(16)11(19)12(20)10(7)18;;/h1-2H,17-20H2;2*1H2. The molecule has 0 amide bonds. The SMILES string of the molecule is Nc1cc(Cl)c(-c2c(N)c(N)c(N)c(Cl)c2Cl)c(Cl)c1.O.O. The molecule has 0 atom stereocenters. The lowest BCUT2D eigenvalue weighted by Gasteiger charge is -2.17. The number of hydrogen-bond donors (Lipinski definition) is 4. The smallest absolute Gasteiger partial charge is 0.0850 e. The highest BCUT2D eigenvalue weighted by Gasteiger charge is 2.22. The van der Waals surface area contributed by atoms with E-state index in [0.717, 1.165) is 0 Å². The number of benzene rings is 2. The van der Waals surface area contributed by atoms with E-state index in [4.69, 9.17) is 69.3 Å². The Bertz CT molecular complexity index is 673. The van der Waals surface area contributed by atoms with Crippen molar-refractivity contribution < 1.29 is 11.0 Å². The maximum absolute atomic E-state index is 6.20. The van der Waals surface area contributed by atoms with E-state index in [1.54, 1.807) is 0 Å². The van der Waals surface area contributed by atoms with E-state index < -0.39 is 0 Å². The minimum atomic E-state index is 0. The molecule has 0 aliphatic rings. The lowest BCUT2D eigenvalue weighted by atomic mass is 10.0. The van der Waals surface area contributed by atoms with Crippen molar-refractivity contribution in [3.8, 4) is 11.1 Å². The molecule has 0 radical (unpaired) electrons. The Kier molecular flexibility index (Phi) is 6.90. The fraction of sp³-hybridized carbons (Fsp3) is 0. The summed E-state index contributed by atoms with van der Waals surface area (Å²) in [7, 11) is 0. The number of anilines is 4. The Labute approximate surface area is 146 Å². The molecule has 0 fully saturated rings. The monoisotopic (exact) mass is 386 g/mol. The number of nitrogen functional groups attached to an aromatic ring is 4. The van der Waals surface area contributed by atoms with E-state index in [1.165, 1.54) is 12.1 Å². The predicted molar refractivity (Wildman–Crippen MR) is 96.8 cm³/mol. The molecule has 6 nitrogen and oxygen atoms in total. The van der Waals surface area contributed by atoms with Gasteiger partial charge in [0.25, 0.3) is 0 Å². The Balaban J connectivity index is 0.00000220. The average molecular weight is 388 g/mol. The second-order valence-corrected chi connectivity index (χ2v) is 5.67. The molecule has 0 aliphatic carbocycles. The molecule has 22 heavy (non-hydrogen) atoms. The van der Waals surface area contributed by atoms with Gasteiger partial charge in [-0.05, 0) is 12.1 Å². The van der Waals surface area contributed by atoms with Gasteiger partial charge in [0.1, 0.15) is 0 Å². The zero-order chi connectivity index (χ0) is 15.2. The summed E-state index contributed by atoms with van der Waals surface area (Å²) in [5.74, 6) is 0. The minimum Gasteiger partial charge on any atom is -0.412 e. The van der Waals surface area contributed by atoms with Crippen LogP contribution in [0.15, 0.2) is 12.1 Å². The van der Waals surface area contributed by atoms with Crippen molar-refractivity contribution in [2.24, 2.45) is 0 Å². The molecular formula is C12H14Cl4N4O2. The van der Waals surface area contributed by atoms with E-state index in [0.29, 0.717) is 16.8 Å². The number of rotatable bonds is 1. The first-order valence-electron chi connectivity index (χ1n) is 5.32. The van der Waals surface area contributed by atoms with Gasteiger partial charge < -0.3 is 33.9 Å². The summed E-state index contributed by atoms with van der Waals surface area (Å²) in [6, 6.07) is 3.05. The highest BCUT2D eigenvalue weighted by molar-refractivity contribution is 6.48. The molecule has 12 N–H and O–H groups in total. The Hall–Kier alpha value is -1.28. The Morgan fingerprint density at radius 2 is 1.05 bits per heavy atom. The van der Waals surface area contributed by atoms with E-state index in [9.17, 15) is 0 Å². The van der Waals surface area contributed by atoms with Crippen LogP contribution in [0.2, 0.25) is 20.1 Å². The molecule has 0 heterocycles. The Morgan fingerprint density at radius 3 is 1.50 bits per heavy atom. The molecule has 122 valence electrons. The number of hydrogen-bond acceptors (Lipinski definition) is 4. The fourth-order valence-corrected chi connectivity index (χ4v) is 3.01. The largest absolute Gasteiger partial charge is 0.412 e. The van der Waals surface area contributed by atoms with Gasteiger partial charge in [0.05, 0.1) is 37.2 Å². The zero-order valence-corrected chi connectivity index (χ0v) is 14.0. The van der Waals surface area contributed by atoms with Gasteiger partial charge in [0.2, 0.25) is 0 Å².